The molecule has 1 aromatic carbocycles. The Morgan fingerprint density at radius 3 is 2.61 bits per heavy atom. The maximum Gasteiger partial charge on any atom is 0.234 e. The highest BCUT2D eigenvalue weighted by Crippen LogP contribution is 2.25. The van der Waals surface area contributed by atoms with E-state index in [0.717, 1.165) is 17.1 Å². The molecule has 3 rings (SSSR count). The molecule has 0 radical (unpaired) electrons. The molecule has 1 aliphatic rings. The lowest BCUT2D eigenvalue weighted by molar-refractivity contribution is -0.134. The van der Waals surface area contributed by atoms with Crippen LogP contribution in [-0.4, -0.2) is 58.1 Å². The van der Waals surface area contributed by atoms with E-state index in [2.05, 4.69) is 41.0 Å². The fourth-order valence-electron chi connectivity index (χ4n) is 3.76. The minimum Gasteiger partial charge on any atom is -0.353 e. The molecule has 9 heteroatoms. The van der Waals surface area contributed by atoms with Gasteiger partial charge in [0.1, 0.15) is 11.0 Å². The molecule has 1 aromatic heterocycles. The molecule has 1 atom stereocenters. The lowest BCUT2D eigenvalue weighted by Gasteiger charge is -2.40. The smallest absolute Gasteiger partial charge is 0.234 e. The van der Waals surface area contributed by atoms with Crippen LogP contribution in [0.15, 0.2) is 29.4 Å². The second-order valence-corrected chi connectivity index (χ2v) is 10.3. The quantitative estimate of drug-likeness (QED) is 0.349. The number of anilines is 2. The first-order valence-electron chi connectivity index (χ1n) is 11.2. The summed E-state index contributed by atoms with van der Waals surface area (Å²) in [6, 6.07) is 7.66. The summed E-state index contributed by atoms with van der Waals surface area (Å²) in [6.45, 7) is 12.2. The average molecular weight is 490 g/mol. The van der Waals surface area contributed by atoms with Crippen LogP contribution in [0.25, 0.3) is 0 Å². The summed E-state index contributed by atoms with van der Waals surface area (Å²) in [6.07, 6.45) is 0.564. The summed E-state index contributed by atoms with van der Waals surface area (Å²) in [5.41, 5.74) is 3.08. The van der Waals surface area contributed by atoms with Crippen LogP contribution in [0.2, 0.25) is 5.15 Å². The van der Waals surface area contributed by atoms with Crippen molar-refractivity contribution in [2.24, 2.45) is 5.92 Å². The largest absolute Gasteiger partial charge is 0.353 e. The third-order valence-corrected chi connectivity index (χ3v) is 6.68. The average Bonchev–Trinajstić information content (AvgIpc) is 2.74. The summed E-state index contributed by atoms with van der Waals surface area (Å²) in [5.74, 6) is 1.31. The zero-order valence-electron chi connectivity index (χ0n) is 19.9. The Bertz CT molecular complexity index is 1020. The molecule has 1 fully saturated rings. The van der Waals surface area contributed by atoms with Gasteiger partial charge in [-0.25, -0.2) is 9.97 Å². The number of halogens is 1. The second-order valence-electron chi connectivity index (χ2n) is 8.95. The van der Waals surface area contributed by atoms with Crippen molar-refractivity contribution in [1.82, 2.24) is 14.9 Å². The molecule has 0 saturated carbocycles. The summed E-state index contributed by atoms with van der Waals surface area (Å²) >= 11 is 7.51. The van der Waals surface area contributed by atoms with Crippen LogP contribution in [0.5, 0.6) is 0 Å². The molecule has 2 heterocycles. The third-order valence-electron chi connectivity index (χ3n) is 5.64. The third kappa shape index (κ3) is 7.08. The molecule has 1 saturated heterocycles. The van der Waals surface area contributed by atoms with E-state index in [0.29, 0.717) is 42.3 Å². The van der Waals surface area contributed by atoms with Gasteiger partial charge in [0.2, 0.25) is 11.8 Å². The van der Waals surface area contributed by atoms with Gasteiger partial charge in [-0.2, -0.15) is 0 Å². The number of carbonyl (C=O) groups is 2. The monoisotopic (exact) mass is 489 g/mol. The number of carbonyl (C=O) groups excluding carboxylic acids is 2. The van der Waals surface area contributed by atoms with E-state index in [1.807, 2.05) is 36.9 Å². The number of nitrogens with one attached hydrogen (secondary N) is 1. The number of hydrogen-bond donors (Lipinski definition) is 1. The van der Waals surface area contributed by atoms with Gasteiger partial charge in [0.15, 0.2) is 5.16 Å². The lowest BCUT2D eigenvalue weighted by atomic mass is 10.1. The van der Waals surface area contributed by atoms with E-state index >= 15 is 0 Å². The van der Waals surface area contributed by atoms with Gasteiger partial charge in [-0.15, -0.1) is 0 Å². The molecule has 0 bridgehead atoms. The zero-order chi connectivity index (χ0) is 24.1. The minimum atomic E-state index is -0.126. The highest BCUT2D eigenvalue weighted by Gasteiger charge is 2.28. The van der Waals surface area contributed by atoms with E-state index in [1.54, 1.807) is 6.07 Å². The van der Waals surface area contributed by atoms with Crippen LogP contribution >= 0.6 is 23.4 Å². The summed E-state index contributed by atoms with van der Waals surface area (Å²) in [7, 11) is 0. The van der Waals surface area contributed by atoms with Crippen LogP contribution < -0.4 is 10.2 Å². The molecular formula is C24H32ClN5O2S. The highest BCUT2D eigenvalue weighted by molar-refractivity contribution is 7.99. The van der Waals surface area contributed by atoms with Crippen molar-refractivity contribution in [2.45, 2.75) is 52.2 Å². The molecule has 0 aliphatic carbocycles. The number of aromatic nitrogens is 2. The first kappa shape index (κ1) is 25.3. The topological polar surface area (TPSA) is 78.4 Å². The number of rotatable bonds is 7. The standard InChI is InChI=1S/C24H32ClN5O2S/c1-15(2)10-23(32)30-9-8-29(13-18(30)5)21-12-20(25)27-24(28-21)33-14-22(31)26-19-7-6-16(3)17(4)11-19/h6-7,11-12,15,18H,8-10,13-14H2,1-5H3,(H,26,31). The molecule has 1 aliphatic heterocycles. The molecule has 1 N–H and O–H groups in total. The fraction of sp³-hybridized carbons (Fsp3) is 0.500. The number of hydrogen-bond acceptors (Lipinski definition) is 6. The van der Waals surface area contributed by atoms with Gasteiger partial charge < -0.3 is 15.1 Å². The van der Waals surface area contributed by atoms with Crippen molar-refractivity contribution in [3.05, 3.63) is 40.5 Å². The van der Waals surface area contributed by atoms with Gasteiger partial charge in [-0.1, -0.05) is 43.3 Å². The van der Waals surface area contributed by atoms with Crippen molar-refractivity contribution >= 4 is 46.7 Å². The van der Waals surface area contributed by atoms with Gasteiger partial charge in [-0.3, -0.25) is 9.59 Å². The van der Waals surface area contributed by atoms with E-state index in [-0.39, 0.29) is 23.6 Å². The van der Waals surface area contributed by atoms with Crippen LogP contribution in [0.3, 0.4) is 0 Å². The Morgan fingerprint density at radius 2 is 1.94 bits per heavy atom. The molecule has 178 valence electrons. The summed E-state index contributed by atoms with van der Waals surface area (Å²) < 4.78 is 0. The Kier molecular flexibility index (Phi) is 8.59. The van der Waals surface area contributed by atoms with E-state index in [9.17, 15) is 9.59 Å². The molecule has 33 heavy (non-hydrogen) atoms. The Hall–Kier alpha value is -2.32. The van der Waals surface area contributed by atoms with E-state index < -0.39 is 0 Å². The van der Waals surface area contributed by atoms with Gasteiger partial charge in [0.25, 0.3) is 0 Å². The Morgan fingerprint density at radius 1 is 1.18 bits per heavy atom. The lowest BCUT2D eigenvalue weighted by Crippen LogP contribution is -2.54. The van der Waals surface area contributed by atoms with Crippen molar-refractivity contribution < 1.29 is 9.59 Å². The number of benzene rings is 1. The molecule has 7 nitrogen and oxygen atoms in total. The zero-order valence-corrected chi connectivity index (χ0v) is 21.5. The molecule has 0 spiro atoms. The summed E-state index contributed by atoms with van der Waals surface area (Å²) in [4.78, 5) is 37.9. The maximum atomic E-state index is 12.5. The minimum absolute atomic E-state index is 0.0820. The van der Waals surface area contributed by atoms with Gasteiger partial charge in [0, 0.05) is 43.9 Å². The number of aryl methyl sites for hydroxylation is 2. The Labute approximate surface area is 205 Å². The van der Waals surface area contributed by atoms with Gasteiger partial charge in [-0.05, 0) is 49.9 Å². The maximum absolute atomic E-state index is 12.5. The summed E-state index contributed by atoms with van der Waals surface area (Å²) in [5, 5.41) is 3.70. The molecular weight excluding hydrogens is 458 g/mol. The van der Waals surface area contributed by atoms with Crippen molar-refractivity contribution in [3.63, 3.8) is 0 Å². The highest BCUT2D eigenvalue weighted by atomic mass is 35.5. The molecule has 2 aromatic rings. The van der Waals surface area contributed by atoms with Crippen LogP contribution in [0.1, 0.15) is 38.3 Å². The van der Waals surface area contributed by atoms with Crippen molar-refractivity contribution in [1.29, 1.82) is 0 Å². The number of amides is 2. The molecule has 1 unspecified atom stereocenters. The number of nitrogens with zero attached hydrogens (tertiary/aromatic N) is 4. The number of piperazine rings is 1. The predicted octanol–water partition coefficient (Wildman–Crippen LogP) is 4.56. The number of thioether (sulfide) groups is 1. The van der Waals surface area contributed by atoms with Crippen molar-refractivity contribution in [3.8, 4) is 0 Å². The normalized spacial score (nSPS) is 16.3. The fourth-order valence-corrected chi connectivity index (χ4v) is 4.64. The van der Waals surface area contributed by atoms with Crippen LogP contribution in [-0.2, 0) is 9.59 Å². The Balaban J connectivity index is 1.60. The van der Waals surface area contributed by atoms with E-state index in [4.69, 9.17) is 11.6 Å². The molecule has 2 amide bonds. The predicted molar refractivity (Wildman–Crippen MR) is 135 cm³/mol. The van der Waals surface area contributed by atoms with Gasteiger partial charge in [0.05, 0.1) is 5.75 Å². The first-order valence-corrected chi connectivity index (χ1v) is 12.6. The van der Waals surface area contributed by atoms with Crippen molar-refractivity contribution in [2.75, 3.05) is 35.6 Å². The second kappa shape index (κ2) is 11.2. The first-order chi connectivity index (χ1) is 15.6. The SMILES string of the molecule is Cc1ccc(NC(=O)CSc2nc(Cl)cc(N3CCN(C(=O)CC(C)C)C(C)C3)n2)cc1C. The van der Waals surface area contributed by atoms with Gasteiger partial charge >= 0.3 is 0 Å². The van der Waals surface area contributed by atoms with E-state index in [1.165, 1.54) is 17.3 Å². The van der Waals surface area contributed by atoms with Crippen LogP contribution in [0, 0.1) is 19.8 Å². The van der Waals surface area contributed by atoms with Crippen LogP contribution in [0.4, 0.5) is 11.5 Å².